The van der Waals surface area contributed by atoms with Crippen molar-refractivity contribution < 1.29 is 14.6 Å². The Balaban J connectivity index is 2.02. The lowest BCUT2D eigenvalue weighted by atomic mass is 10.1. The monoisotopic (exact) mass is 342 g/mol. The van der Waals surface area contributed by atoms with Crippen LogP contribution in [0.2, 0.25) is 0 Å². The Morgan fingerprint density at radius 3 is 2.64 bits per heavy atom. The topological polar surface area (TPSA) is 61.8 Å². The molecule has 0 heterocycles. The summed E-state index contributed by atoms with van der Waals surface area (Å²) in [5.41, 5.74) is 1.85. The van der Waals surface area contributed by atoms with Gasteiger partial charge in [0.15, 0.2) is 0 Å². The lowest BCUT2D eigenvalue weighted by Crippen LogP contribution is -2.39. The molecule has 1 amide bonds. The summed E-state index contributed by atoms with van der Waals surface area (Å²) >= 11 is 0. The van der Waals surface area contributed by atoms with Crippen molar-refractivity contribution >= 4 is 11.6 Å². The van der Waals surface area contributed by atoms with E-state index in [1.807, 2.05) is 55.5 Å². The van der Waals surface area contributed by atoms with Crippen LogP contribution in [0.25, 0.3) is 0 Å². The molecule has 2 aromatic carbocycles. The largest absolute Gasteiger partial charge is 0.497 e. The summed E-state index contributed by atoms with van der Waals surface area (Å²) in [6.07, 6.45) is 0.624. The summed E-state index contributed by atoms with van der Waals surface area (Å²) < 4.78 is 5.18. The normalized spacial score (nSPS) is 12.0. The van der Waals surface area contributed by atoms with Crippen LogP contribution >= 0.6 is 0 Å². The first-order valence-corrected chi connectivity index (χ1v) is 8.45. The Morgan fingerprint density at radius 1 is 1.20 bits per heavy atom. The predicted octanol–water partition coefficient (Wildman–Crippen LogP) is 2.91. The molecule has 0 saturated heterocycles. The SMILES string of the molecule is COc1cccc(NC(=O)CN(Cc2ccccc2)C(C)CCO)c1. The van der Waals surface area contributed by atoms with Gasteiger partial charge in [-0.1, -0.05) is 36.4 Å². The van der Waals surface area contributed by atoms with Gasteiger partial charge in [0.1, 0.15) is 5.75 Å². The molecule has 0 radical (unpaired) electrons. The van der Waals surface area contributed by atoms with Gasteiger partial charge >= 0.3 is 0 Å². The van der Waals surface area contributed by atoms with Gasteiger partial charge in [0.25, 0.3) is 0 Å². The van der Waals surface area contributed by atoms with E-state index in [1.165, 1.54) is 0 Å². The van der Waals surface area contributed by atoms with Crippen LogP contribution in [0.3, 0.4) is 0 Å². The van der Waals surface area contributed by atoms with Gasteiger partial charge < -0.3 is 15.2 Å². The van der Waals surface area contributed by atoms with Gasteiger partial charge in [0.05, 0.1) is 13.7 Å². The predicted molar refractivity (Wildman–Crippen MR) is 99.6 cm³/mol. The number of aliphatic hydroxyl groups is 1. The number of benzene rings is 2. The van der Waals surface area contributed by atoms with Crippen LogP contribution in [0.1, 0.15) is 18.9 Å². The fourth-order valence-electron chi connectivity index (χ4n) is 2.64. The molecule has 0 bridgehead atoms. The number of hydrogen-bond acceptors (Lipinski definition) is 4. The van der Waals surface area contributed by atoms with E-state index in [0.29, 0.717) is 24.4 Å². The number of carbonyl (C=O) groups excluding carboxylic acids is 1. The van der Waals surface area contributed by atoms with Crippen molar-refractivity contribution in [1.29, 1.82) is 0 Å². The maximum Gasteiger partial charge on any atom is 0.238 e. The first-order chi connectivity index (χ1) is 12.1. The Morgan fingerprint density at radius 2 is 1.96 bits per heavy atom. The van der Waals surface area contributed by atoms with Gasteiger partial charge in [-0.15, -0.1) is 0 Å². The van der Waals surface area contributed by atoms with Crippen molar-refractivity contribution in [2.75, 3.05) is 25.6 Å². The number of ether oxygens (including phenoxy) is 1. The van der Waals surface area contributed by atoms with Crippen molar-refractivity contribution in [3.05, 3.63) is 60.2 Å². The number of methoxy groups -OCH3 is 1. The summed E-state index contributed by atoms with van der Waals surface area (Å²) in [6, 6.07) is 17.4. The molecule has 2 N–H and O–H groups in total. The van der Waals surface area contributed by atoms with Crippen LogP contribution in [0.5, 0.6) is 5.75 Å². The first kappa shape index (κ1) is 19.0. The lowest BCUT2D eigenvalue weighted by Gasteiger charge is -2.28. The number of anilines is 1. The number of nitrogens with one attached hydrogen (secondary N) is 1. The van der Waals surface area contributed by atoms with Crippen LogP contribution in [-0.4, -0.2) is 42.2 Å². The molecule has 0 saturated carbocycles. The fourth-order valence-corrected chi connectivity index (χ4v) is 2.64. The summed E-state index contributed by atoms with van der Waals surface area (Å²) in [5, 5.41) is 12.1. The average molecular weight is 342 g/mol. The second kappa shape index (κ2) is 9.81. The number of aliphatic hydroxyl groups excluding tert-OH is 1. The molecule has 25 heavy (non-hydrogen) atoms. The second-order valence-corrected chi connectivity index (χ2v) is 6.03. The van der Waals surface area contributed by atoms with Crippen molar-refractivity contribution in [2.24, 2.45) is 0 Å². The molecule has 0 aliphatic heterocycles. The van der Waals surface area contributed by atoms with Crippen molar-refractivity contribution in [3.8, 4) is 5.75 Å². The summed E-state index contributed by atoms with van der Waals surface area (Å²) in [4.78, 5) is 14.5. The summed E-state index contributed by atoms with van der Waals surface area (Å²) in [7, 11) is 1.60. The van der Waals surface area contributed by atoms with Gasteiger partial charge in [0, 0.05) is 30.9 Å². The number of hydrogen-bond donors (Lipinski definition) is 2. The molecule has 134 valence electrons. The highest BCUT2D eigenvalue weighted by atomic mass is 16.5. The van der Waals surface area contributed by atoms with E-state index in [-0.39, 0.29) is 25.1 Å². The molecule has 0 aliphatic rings. The zero-order valence-corrected chi connectivity index (χ0v) is 14.8. The molecule has 0 fully saturated rings. The number of rotatable bonds is 9. The van der Waals surface area contributed by atoms with Crippen LogP contribution in [-0.2, 0) is 11.3 Å². The Kier molecular flexibility index (Phi) is 7.44. The van der Waals surface area contributed by atoms with Crippen LogP contribution in [0.15, 0.2) is 54.6 Å². The van der Waals surface area contributed by atoms with E-state index in [9.17, 15) is 9.90 Å². The van der Waals surface area contributed by atoms with E-state index >= 15 is 0 Å². The third kappa shape index (κ3) is 6.21. The smallest absolute Gasteiger partial charge is 0.238 e. The Bertz CT molecular complexity index is 661. The van der Waals surface area contributed by atoms with Crippen LogP contribution in [0.4, 0.5) is 5.69 Å². The summed E-state index contributed by atoms with van der Waals surface area (Å²) in [6.45, 7) is 3.04. The molecule has 2 aromatic rings. The zero-order chi connectivity index (χ0) is 18.1. The molecule has 0 spiro atoms. The first-order valence-electron chi connectivity index (χ1n) is 8.45. The minimum absolute atomic E-state index is 0.0889. The maximum absolute atomic E-state index is 12.5. The van der Waals surface area contributed by atoms with Gasteiger partial charge in [-0.25, -0.2) is 0 Å². The number of nitrogens with zero attached hydrogens (tertiary/aromatic N) is 1. The minimum atomic E-state index is -0.0889. The van der Waals surface area contributed by atoms with E-state index in [4.69, 9.17) is 4.74 Å². The maximum atomic E-state index is 12.5. The van der Waals surface area contributed by atoms with E-state index in [1.54, 1.807) is 13.2 Å². The van der Waals surface area contributed by atoms with Crippen molar-refractivity contribution in [2.45, 2.75) is 25.9 Å². The van der Waals surface area contributed by atoms with E-state index in [2.05, 4.69) is 10.2 Å². The highest BCUT2D eigenvalue weighted by Crippen LogP contribution is 2.17. The van der Waals surface area contributed by atoms with Crippen molar-refractivity contribution in [1.82, 2.24) is 4.90 Å². The molecular weight excluding hydrogens is 316 g/mol. The molecule has 5 nitrogen and oxygen atoms in total. The van der Waals surface area contributed by atoms with Crippen LogP contribution in [0, 0.1) is 0 Å². The van der Waals surface area contributed by atoms with Gasteiger partial charge in [-0.3, -0.25) is 9.69 Å². The van der Waals surface area contributed by atoms with Crippen molar-refractivity contribution in [3.63, 3.8) is 0 Å². The quantitative estimate of drug-likeness (QED) is 0.736. The molecule has 1 unspecified atom stereocenters. The Hall–Kier alpha value is -2.37. The molecule has 5 heteroatoms. The number of amides is 1. The highest BCUT2D eigenvalue weighted by Gasteiger charge is 2.17. The standard InChI is InChI=1S/C20H26N2O3/c1-16(11-12-23)22(14-17-7-4-3-5-8-17)15-20(24)21-18-9-6-10-19(13-18)25-2/h3-10,13,16,23H,11-12,14-15H2,1-2H3,(H,21,24). The molecule has 1 atom stereocenters. The zero-order valence-electron chi connectivity index (χ0n) is 14.8. The number of carbonyl (C=O) groups is 1. The lowest BCUT2D eigenvalue weighted by molar-refractivity contribution is -0.118. The van der Waals surface area contributed by atoms with Gasteiger partial charge in [0.2, 0.25) is 5.91 Å². The van der Waals surface area contributed by atoms with Gasteiger partial charge in [-0.05, 0) is 31.0 Å². The van der Waals surface area contributed by atoms with E-state index < -0.39 is 0 Å². The molecule has 0 aliphatic carbocycles. The van der Waals surface area contributed by atoms with E-state index in [0.717, 1.165) is 5.56 Å². The Labute approximate surface area is 149 Å². The highest BCUT2D eigenvalue weighted by molar-refractivity contribution is 5.92. The molecule has 0 aromatic heterocycles. The molecular formula is C20H26N2O3. The minimum Gasteiger partial charge on any atom is -0.497 e. The summed E-state index contributed by atoms with van der Waals surface area (Å²) in [5.74, 6) is 0.613. The third-order valence-electron chi connectivity index (χ3n) is 4.10. The average Bonchev–Trinajstić information content (AvgIpc) is 2.62. The van der Waals surface area contributed by atoms with Gasteiger partial charge in [-0.2, -0.15) is 0 Å². The fraction of sp³-hybridized carbons (Fsp3) is 0.350. The third-order valence-corrected chi connectivity index (χ3v) is 4.10. The van der Waals surface area contributed by atoms with Crippen LogP contribution < -0.4 is 10.1 Å². The second-order valence-electron chi connectivity index (χ2n) is 6.03. The molecule has 2 rings (SSSR count).